The van der Waals surface area contributed by atoms with E-state index >= 15 is 0 Å². The van der Waals surface area contributed by atoms with Gasteiger partial charge in [-0.3, -0.25) is 0 Å². The Morgan fingerprint density at radius 1 is 1.12 bits per heavy atom. The van der Waals surface area contributed by atoms with Crippen LogP contribution in [0.25, 0.3) is 10.9 Å². The third-order valence-corrected chi connectivity index (χ3v) is 2.97. The predicted octanol–water partition coefficient (Wildman–Crippen LogP) is 2.81. The van der Waals surface area contributed by atoms with Gasteiger partial charge in [-0.2, -0.15) is 0 Å². The largest absolute Gasteiger partial charge is 0.343 e. The zero-order valence-corrected chi connectivity index (χ0v) is 10.2. The predicted molar refractivity (Wildman–Crippen MR) is 69.9 cm³/mol. The maximum Gasteiger partial charge on any atom is 0.0482 e. The Morgan fingerprint density at radius 3 is 2.81 bits per heavy atom. The van der Waals surface area contributed by atoms with E-state index in [-0.39, 0.29) is 0 Å². The van der Waals surface area contributed by atoms with E-state index in [1.54, 1.807) is 0 Å². The number of hydrogen-bond acceptors (Lipinski definition) is 1. The summed E-state index contributed by atoms with van der Waals surface area (Å²) in [6, 6.07) is 11.0. The first-order valence-electron chi connectivity index (χ1n) is 6.23. The van der Waals surface area contributed by atoms with Crippen molar-refractivity contribution in [2.24, 2.45) is 0 Å². The van der Waals surface area contributed by atoms with Gasteiger partial charge in [0.05, 0.1) is 0 Å². The number of fused-ring (bicyclic) bond motifs is 3. The summed E-state index contributed by atoms with van der Waals surface area (Å²) >= 11 is 0. The number of aromatic nitrogens is 1. The van der Waals surface area contributed by atoms with Crippen molar-refractivity contribution in [3.05, 3.63) is 36.0 Å². The van der Waals surface area contributed by atoms with Gasteiger partial charge in [-0.1, -0.05) is 32.0 Å². The Balaban J connectivity index is 0.000000457. The van der Waals surface area contributed by atoms with Crippen LogP contribution in [0.3, 0.4) is 0 Å². The highest BCUT2D eigenvalue weighted by atomic mass is 15.0. The van der Waals surface area contributed by atoms with Crippen LogP contribution in [0.4, 0.5) is 0 Å². The zero-order chi connectivity index (χ0) is 11.4. The van der Waals surface area contributed by atoms with Crippen molar-refractivity contribution >= 4 is 10.9 Å². The Hall–Kier alpha value is -1.28. The van der Waals surface area contributed by atoms with Gasteiger partial charge in [-0.15, -0.1) is 0 Å². The smallest absolute Gasteiger partial charge is 0.0482 e. The number of hydrogen-bond donors (Lipinski definition) is 1. The molecule has 0 radical (unpaired) electrons. The van der Waals surface area contributed by atoms with E-state index in [0.29, 0.717) is 0 Å². The van der Waals surface area contributed by atoms with Crippen molar-refractivity contribution < 1.29 is 0 Å². The molecule has 2 heteroatoms. The van der Waals surface area contributed by atoms with E-state index in [0.717, 1.165) is 26.1 Å². The molecule has 0 amide bonds. The van der Waals surface area contributed by atoms with Crippen molar-refractivity contribution in [1.29, 1.82) is 0 Å². The van der Waals surface area contributed by atoms with Gasteiger partial charge in [-0.05, 0) is 17.5 Å². The lowest BCUT2D eigenvalue weighted by molar-refractivity contribution is 0.658. The van der Waals surface area contributed by atoms with E-state index in [9.17, 15) is 0 Å². The number of benzene rings is 1. The first-order chi connectivity index (χ1) is 7.95. The van der Waals surface area contributed by atoms with E-state index < -0.39 is 0 Å². The quantitative estimate of drug-likeness (QED) is 0.716. The fraction of sp³-hybridized carbons (Fsp3) is 0.429. The lowest BCUT2D eigenvalue weighted by Gasteiger charge is -2.04. The monoisotopic (exact) mass is 216 g/mol. The summed E-state index contributed by atoms with van der Waals surface area (Å²) in [7, 11) is 0. The fourth-order valence-electron chi connectivity index (χ4n) is 2.27. The molecule has 86 valence electrons. The molecule has 2 nitrogen and oxygen atoms in total. The topological polar surface area (TPSA) is 17.0 Å². The first kappa shape index (κ1) is 11.2. The molecule has 0 aliphatic carbocycles. The Bertz CT molecular complexity index is 457. The van der Waals surface area contributed by atoms with Crippen LogP contribution in [-0.4, -0.2) is 17.7 Å². The summed E-state index contributed by atoms with van der Waals surface area (Å²) in [4.78, 5) is 0. The van der Waals surface area contributed by atoms with Crippen LogP contribution in [0, 0.1) is 0 Å². The van der Waals surface area contributed by atoms with Gasteiger partial charge < -0.3 is 9.88 Å². The average Bonchev–Trinajstić information content (AvgIpc) is 2.54. The van der Waals surface area contributed by atoms with Crippen molar-refractivity contribution in [3.63, 3.8) is 0 Å². The van der Waals surface area contributed by atoms with Crippen molar-refractivity contribution in [2.75, 3.05) is 13.1 Å². The van der Waals surface area contributed by atoms with Gasteiger partial charge in [0, 0.05) is 37.3 Å². The summed E-state index contributed by atoms with van der Waals surface area (Å²) in [5.41, 5.74) is 2.85. The third-order valence-electron chi connectivity index (χ3n) is 2.97. The van der Waals surface area contributed by atoms with Crippen LogP contribution in [0.15, 0.2) is 30.3 Å². The Kier molecular flexibility index (Phi) is 3.62. The van der Waals surface area contributed by atoms with E-state index in [1.165, 1.54) is 16.6 Å². The second-order valence-electron chi connectivity index (χ2n) is 3.85. The van der Waals surface area contributed by atoms with E-state index in [1.807, 2.05) is 13.8 Å². The van der Waals surface area contributed by atoms with E-state index in [2.05, 4.69) is 40.2 Å². The van der Waals surface area contributed by atoms with Crippen LogP contribution >= 0.6 is 0 Å². The second-order valence-corrected chi connectivity index (χ2v) is 3.85. The highest BCUT2D eigenvalue weighted by Gasteiger charge is 2.09. The van der Waals surface area contributed by atoms with Gasteiger partial charge >= 0.3 is 0 Å². The molecule has 0 saturated carbocycles. The Labute approximate surface area is 97.3 Å². The summed E-state index contributed by atoms with van der Waals surface area (Å²) in [5, 5.41) is 4.80. The number of para-hydroxylation sites is 1. The molecule has 1 aromatic carbocycles. The number of nitrogens with one attached hydrogen (secondary N) is 1. The molecule has 0 spiro atoms. The maximum absolute atomic E-state index is 3.42. The van der Waals surface area contributed by atoms with Crippen LogP contribution in [0.1, 0.15) is 19.5 Å². The summed E-state index contributed by atoms with van der Waals surface area (Å²) in [5.74, 6) is 0. The standard InChI is InChI=1S/C12H14N2.C2H6/c1-2-4-12-10(3-1)9-11-5-6-13-7-8-14(11)12;1-2/h1-4,9,13H,5-8H2;1-2H3. The second kappa shape index (κ2) is 5.17. The average molecular weight is 216 g/mol. The molecular weight excluding hydrogens is 196 g/mol. The normalized spacial score (nSPS) is 14.9. The molecule has 0 bridgehead atoms. The summed E-state index contributed by atoms with van der Waals surface area (Å²) in [6.45, 7) is 7.30. The summed E-state index contributed by atoms with van der Waals surface area (Å²) in [6.07, 6.45) is 1.15. The van der Waals surface area contributed by atoms with Gasteiger partial charge in [-0.25, -0.2) is 0 Å². The Morgan fingerprint density at radius 2 is 1.94 bits per heavy atom. The van der Waals surface area contributed by atoms with E-state index in [4.69, 9.17) is 0 Å². The molecular formula is C14H20N2. The minimum Gasteiger partial charge on any atom is -0.343 e. The van der Waals surface area contributed by atoms with Gasteiger partial charge in [0.15, 0.2) is 0 Å². The lowest BCUT2D eigenvalue weighted by Crippen LogP contribution is -2.17. The molecule has 3 rings (SSSR count). The highest BCUT2D eigenvalue weighted by molar-refractivity contribution is 5.81. The van der Waals surface area contributed by atoms with Crippen LogP contribution in [-0.2, 0) is 13.0 Å². The minimum atomic E-state index is 1.09. The molecule has 16 heavy (non-hydrogen) atoms. The molecule has 0 unspecified atom stereocenters. The molecule has 0 saturated heterocycles. The maximum atomic E-state index is 3.42. The van der Waals surface area contributed by atoms with Crippen LogP contribution in [0.2, 0.25) is 0 Å². The zero-order valence-electron chi connectivity index (χ0n) is 10.2. The van der Waals surface area contributed by atoms with Crippen LogP contribution in [0.5, 0.6) is 0 Å². The van der Waals surface area contributed by atoms with Gasteiger partial charge in [0.1, 0.15) is 0 Å². The molecule has 1 aliphatic heterocycles. The first-order valence-corrected chi connectivity index (χ1v) is 6.23. The SMILES string of the molecule is CC.c1ccc2c(c1)cc1n2CCNCC1. The van der Waals surface area contributed by atoms with Crippen molar-refractivity contribution in [3.8, 4) is 0 Å². The molecule has 1 aliphatic rings. The number of nitrogens with zero attached hydrogens (tertiary/aromatic N) is 1. The van der Waals surface area contributed by atoms with Gasteiger partial charge in [0.25, 0.3) is 0 Å². The molecule has 2 heterocycles. The number of rotatable bonds is 0. The molecule has 0 fully saturated rings. The molecule has 1 N–H and O–H groups in total. The van der Waals surface area contributed by atoms with Crippen molar-refractivity contribution in [2.45, 2.75) is 26.8 Å². The summed E-state index contributed by atoms with van der Waals surface area (Å²) < 4.78 is 2.44. The van der Waals surface area contributed by atoms with Gasteiger partial charge in [0.2, 0.25) is 0 Å². The van der Waals surface area contributed by atoms with Crippen molar-refractivity contribution in [1.82, 2.24) is 9.88 Å². The molecule has 1 aromatic heterocycles. The third kappa shape index (κ3) is 1.98. The minimum absolute atomic E-state index is 1.09. The fourth-order valence-corrected chi connectivity index (χ4v) is 2.27. The van der Waals surface area contributed by atoms with Crippen LogP contribution < -0.4 is 5.32 Å². The molecule has 0 atom stereocenters. The highest BCUT2D eigenvalue weighted by Crippen LogP contribution is 2.20. The lowest BCUT2D eigenvalue weighted by atomic mass is 10.2. The molecule has 2 aromatic rings.